The molecule has 186 valence electrons. The second-order valence-electron chi connectivity index (χ2n) is 10.1. The summed E-state index contributed by atoms with van der Waals surface area (Å²) in [5.74, 6) is 0. The van der Waals surface area contributed by atoms with Crippen LogP contribution in [0.5, 0.6) is 0 Å². The fourth-order valence-electron chi connectivity index (χ4n) is 6.06. The van der Waals surface area contributed by atoms with Crippen molar-refractivity contribution in [2.24, 2.45) is 0 Å². The second kappa shape index (κ2) is 10.1. The van der Waals surface area contributed by atoms with Gasteiger partial charge >= 0.3 is 0 Å². The summed E-state index contributed by atoms with van der Waals surface area (Å²) in [4.78, 5) is 0. The molecule has 0 aromatic heterocycles. The summed E-state index contributed by atoms with van der Waals surface area (Å²) in [7, 11) is 0.235. The number of halogens is 2. The summed E-state index contributed by atoms with van der Waals surface area (Å²) in [6, 6.07) is 34.3. The Hall–Kier alpha value is -2.13. The number of fused-ring (bicyclic) bond motifs is 2. The van der Waals surface area contributed by atoms with Crippen molar-refractivity contribution in [2.75, 3.05) is 0 Å². The first-order valence-electron chi connectivity index (χ1n) is 12.7. The zero-order chi connectivity index (χ0) is 25.9. The molecule has 38 heavy (non-hydrogen) atoms. The van der Waals surface area contributed by atoms with Gasteiger partial charge in [0.15, 0.2) is 0 Å². The van der Waals surface area contributed by atoms with Crippen LogP contribution in [-0.4, -0.2) is 9.52 Å². The molecule has 0 nitrogen and oxygen atoms in total. The average Bonchev–Trinajstić information content (AvgIpc) is 3.25. The first-order chi connectivity index (χ1) is 17.8. The molecule has 0 saturated carbocycles. The minimum atomic E-state index is -0.669. The summed E-state index contributed by atoms with van der Waals surface area (Å²) in [6.07, 6.45) is 0. The monoisotopic (exact) mass is 582 g/mol. The Morgan fingerprint density at radius 2 is 0.868 bits per heavy atom. The van der Waals surface area contributed by atoms with Crippen molar-refractivity contribution in [2.45, 2.75) is 36.7 Å². The van der Waals surface area contributed by atoms with E-state index in [0.717, 1.165) is 0 Å². The Kier molecular flexibility index (Phi) is 7.31. The Morgan fingerprint density at radius 1 is 0.500 bits per heavy atom. The van der Waals surface area contributed by atoms with Crippen molar-refractivity contribution >= 4 is 43.9 Å². The van der Waals surface area contributed by atoms with Crippen LogP contribution in [0.3, 0.4) is 0 Å². The zero-order valence-corrected chi connectivity index (χ0v) is 26.1. The Balaban J connectivity index is 0.00000294. The molecule has 2 unspecified atom stereocenters. The minimum Gasteiger partial charge on any atom is -0.114 e. The first-order valence-corrected chi connectivity index (χ1v) is 14.4. The van der Waals surface area contributed by atoms with E-state index in [4.69, 9.17) is 23.2 Å². The molecule has 0 bridgehead atoms. The Morgan fingerprint density at radius 3 is 1.24 bits per heavy atom. The smallest absolute Gasteiger partial charge is 0.114 e. The Labute approximate surface area is 253 Å². The fourth-order valence-corrected chi connectivity index (χ4v) is 9.56. The second-order valence-corrected chi connectivity index (χ2v) is 13.6. The maximum absolute atomic E-state index is 7.76. The summed E-state index contributed by atoms with van der Waals surface area (Å²) < 4.78 is -1.34. The van der Waals surface area contributed by atoms with Crippen LogP contribution in [0.2, 0.25) is 0 Å². The predicted octanol–water partition coefficient (Wildman–Crippen LogP) is 9.82. The van der Waals surface area contributed by atoms with Crippen LogP contribution in [-0.2, 0) is 30.7 Å². The van der Waals surface area contributed by atoms with Crippen LogP contribution >= 0.6 is 23.2 Å². The summed E-state index contributed by atoms with van der Waals surface area (Å²) in [6.45, 7) is 8.79. The Bertz CT molecular complexity index is 1490. The molecule has 0 N–H and O–H groups in total. The van der Waals surface area contributed by atoms with E-state index in [1.807, 2.05) is 0 Å². The van der Waals surface area contributed by atoms with Crippen LogP contribution in [0.4, 0.5) is 0 Å². The predicted molar refractivity (Wildman–Crippen MR) is 161 cm³/mol. The molecule has 2 radical (unpaired) electrons. The number of hydrogen-bond acceptors (Lipinski definition) is 0. The van der Waals surface area contributed by atoms with Crippen molar-refractivity contribution in [3.05, 3.63) is 130 Å². The van der Waals surface area contributed by atoms with Gasteiger partial charge in [-0.25, -0.2) is 0 Å². The van der Waals surface area contributed by atoms with Gasteiger partial charge in [-0.15, -0.1) is 23.2 Å². The van der Waals surface area contributed by atoms with Crippen molar-refractivity contribution in [1.82, 2.24) is 0 Å². The SMILES string of the molecule is CC1=C(C)C(Cl)([Si]C2(Cl)C(C)=C(C)c3c(-c4ccccc4)cccc32)c2cccc(-c3ccccc3)c21.[Ti]. The van der Waals surface area contributed by atoms with Crippen LogP contribution in [0, 0.1) is 0 Å². The number of alkyl halides is 2. The van der Waals surface area contributed by atoms with Crippen molar-refractivity contribution in [3.63, 3.8) is 0 Å². The van der Waals surface area contributed by atoms with Crippen LogP contribution in [0.25, 0.3) is 33.4 Å². The molecule has 0 aliphatic heterocycles. The van der Waals surface area contributed by atoms with Crippen LogP contribution in [0.15, 0.2) is 108 Å². The molecule has 4 aromatic carbocycles. The molecule has 0 fully saturated rings. The van der Waals surface area contributed by atoms with Crippen molar-refractivity contribution in [3.8, 4) is 22.3 Å². The van der Waals surface area contributed by atoms with Gasteiger partial charge in [-0.3, -0.25) is 0 Å². The molecule has 0 amide bonds. The number of rotatable bonds is 4. The van der Waals surface area contributed by atoms with E-state index in [2.05, 4.69) is 125 Å². The van der Waals surface area contributed by atoms with Gasteiger partial charge in [0.25, 0.3) is 0 Å². The molecule has 2 aliphatic carbocycles. The van der Waals surface area contributed by atoms with Gasteiger partial charge in [0.2, 0.25) is 0 Å². The molecule has 2 atom stereocenters. The van der Waals surface area contributed by atoms with Gasteiger partial charge < -0.3 is 0 Å². The molecule has 0 spiro atoms. The summed E-state index contributed by atoms with van der Waals surface area (Å²) in [5.41, 5.74) is 14.6. The fraction of sp³-hybridized carbons (Fsp3) is 0.176. The minimum absolute atomic E-state index is 0. The molecule has 0 heterocycles. The van der Waals surface area contributed by atoms with E-state index in [1.165, 1.54) is 66.8 Å². The van der Waals surface area contributed by atoms with E-state index < -0.39 is 8.99 Å². The van der Waals surface area contributed by atoms with E-state index in [0.29, 0.717) is 0 Å². The van der Waals surface area contributed by atoms with Gasteiger partial charge in [0.1, 0.15) is 9.52 Å². The molecule has 0 saturated heterocycles. The number of benzene rings is 4. The van der Waals surface area contributed by atoms with Gasteiger partial charge in [-0.05, 0) is 94.5 Å². The van der Waals surface area contributed by atoms with Crippen LogP contribution < -0.4 is 0 Å². The van der Waals surface area contributed by atoms with Crippen molar-refractivity contribution in [1.29, 1.82) is 0 Å². The van der Waals surface area contributed by atoms with Crippen molar-refractivity contribution < 1.29 is 21.7 Å². The first kappa shape index (κ1) is 27.4. The molecule has 6 rings (SSSR count). The summed E-state index contributed by atoms with van der Waals surface area (Å²) >= 11 is 15.5. The third-order valence-electron chi connectivity index (χ3n) is 8.29. The van der Waals surface area contributed by atoms with Crippen LogP contribution in [0.1, 0.15) is 49.9 Å². The standard InChI is InChI=1S/C34H28Cl2Si.Ti/c1-21-23(3)33(35,29-19-11-17-27(31(21)29)25-13-7-5-8-14-25)37-34(36)24(4)22(2)32-28(18-12-20-30(32)34)26-15-9-6-10-16-26;/h5-20H,1-4H3;. The van der Waals surface area contributed by atoms with Gasteiger partial charge in [0.05, 0.1) is 8.99 Å². The third-order valence-corrected chi connectivity index (χ3v) is 11.8. The average molecular weight is 583 g/mol. The molecule has 4 aromatic rings. The quantitative estimate of drug-likeness (QED) is 0.166. The van der Waals surface area contributed by atoms with E-state index >= 15 is 0 Å². The maximum atomic E-state index is 7.76. The van der Waals surface area contributed by atoms with E-state index in [9.17, 15) is 0 Å². The molecular weight excluding hydrogens is 555 g/mol. The molecule has 4 heteroatoms. The van der Waals surface area contributed by atoms with E-state index in [1.54, 1.807) is 0 Å². The van der Waals surface area contributed by atoms with Gasteiger partial charge in [-0.2, -0.15) is 0 Å². The maximum Gasteiger partial charge on any atom is 0.118 e. The third kappa shape index (κ3) is 3.98. The van der Waals surface area contributed by atoms with Gasteiger partial charge in [0, 0.05) is 21.7 Å². The van der Waals surface area contributed by atoms with Gasteiger partial charge in [-0.1, -0.05) is 97.1 Å². The number of allylic oxidation sites excluding steroid dienone is 4. The van der Waals surface area contributed by atoms with E-state index in [-0.39, 0.29) is 31.2 Å². The topological polar surface area (TPSA) is 0 Å². The largest absolute Gasteiger partial charge is 0.118 e. The number of hydrogen-bond donors (Lipinski definition) is 0. The molecular formula is C34H28Cl2SiTi. The molecule has 2 aliphatic rings. The normalized spacial score (nSPS) is 21.8. The zero-order valence-electron chi connectivity index (χ0n) is 22.0. The summed E-state index contributed by atoms with van der Waals surface area (Å²) in [5, 5.41) is 0.